The van der Waals surface area contributed by atoms with Crippen LogP contribution >= 0.6 is 11.6 Å². The highest BCUT2D eigenvalue weighted by atomic mass is 35.5. The third-order valence-corrected chi connectivity index (χ3v) is 6.25. The first-order valence-electron chi connectivity index (χ1n) is 11.3. The van der Waals surface area contributed by atoms with E-state index in [4.69, 9.17) is 22.1 Å². The zero-order valence-electron chi connectivity index (χ0n) is 19.1. The number of ether oxygens (including phenoxy) is 1. The summed E-state index contributed by atoms with van der Waals surface area (Å²) in [5, 5.41) is 4.72. The summed E-state index contributed by atoms with van der Waals surface area (Å²) in [6.07, 6.45) is 5.17. The van der Waals surface area contributed by atoms with E-state index in [1.807, 2.05) is 31.2 Å². The average molecular weight is 487 g/mol. The number of hydrogen-bond acceptors (Lipinski definition) is 6. The molecule has 5 rings (SSSR count). The molecule has 1 aliphatic carbocycles. The number of nitrogens with zero attached hydrogens (tertiary/aromatic N) is 3. The Kier molecular flexibility index (Phi) is 6.09. The lowest BCUT2D eigenvalue weighted by Gasteiger charge is -2.11. The molecule has 0 spiro atoms. The SMILES string of the molecule is Cc1ccc(-c2cn(C3CC3)nc(C(=O)Cc3ccc(Oc4cccc(N)c4Cl)cn3)c2=O)cc1. The lowest BCUT2D eigenvalue weighted by Crippen LogP contribution is -2.24. The Morgan fingerprint density at radius 1 is 1.14 bits per heavy atom. The van der Waals surface area contributed by atoms with Crippen molar-refractivity contribution in [1.29, 1.82) is 0 Å². The fourth-order valence-corrected chi connectivity index (χ4v) is 3.88. The maximum Gasteiger partial charge on any atom is 0.219 e. The van der Waals surface area contributed by atoms with Gasteiger partial charge in [0.2, 0.25) is 5.43 Å². The van der Waals surface area contributed by atoms with Gasteiger partial charge in [0.05, 0.1) is 24.3 Å². The van der Waals surface area contributed by atoms with Gasteiger partial charge in [-0.3, -0.25) is 19.3 Å². The van der Waals surface area contributed by atoms with Crippen LogP contribution in [0.25, 0.3) is 11.1 Å². The highest BCUT2D eigenvalue weighted by Gasteiger charge is 2.27. The number of halogens is 1. The van der Waals surface area contributed by atoms with Gasteiger partial charge in [-0.2, -0.15) is 5.10 Å². The molecular weight excluding hydrogens is 464 g/mol. The summed E-state index contributed by atoms with van der Waals surface area (Å²) < 4.78 is 7.50. The van der Waals surface area contributed by atoms with E-state index in [2.05, 4.69) is 10.1 Å². The van der Waals surface area contributed by atoms with Crippen molar-refractivity contribution in [2.45, 2.75) is 32.2 Å². The molecule has 2 N–H and O–H groups in total. The summed E-state index contributed by atoms with van der Waals surface area (Å²) in [4.78, 5) is 30.7. The van der Waals surface area contributed by atoms with E-state index < -0.39 is 0 Å². The van der Waals surface area contributed by atoms with Crippen LogP contribution in [0.4, 0.5) is 5.69 Å². The van der Waals surface area contributed by atoms with E-state index in [1.165, 1.54) is 6.20 Å². The minimum Gasteiger partial charge on any atom is -0.454 e. The number of aryl methyl sites for hydroxylation is 1. The number of benzene rings is 2. The molecule has 4 aromatic rings. The van der Waals surface area contributed by atoms with Crippen LogP contribution in [0.3, 0.4) is 0 Å². The van der Waals surface area contributed by atoms with Crippen LogP contribution in [-0.4, -0.2) is 20.5 Å². The van der Waals surface area contributed by atoms with Crippen molar-refractivity contribution in [2.75, 3.05) is 5.73 Å². The van der Waals surface area contributed by atoms with Gasteiger partial charge in [0.25, 0.3) is 0 Å². The number of anilines is 1. The fraction of sp³-hybridized carbons (Fsp3) is 0.185. The van der Waals surface area contributed by atoms with Crippen molar-refractivity contribution >= 4 is 23.1 Å². The summed E-state index contributed by atoms with van der Waals surface area (Å²) in [5.74, 6) is 0.484. The van der Waals surface area contributed by atoms with E-state index >= 15 is 0 Å². The molecule has 7 nitrogen and oxygen atoms in total. The van der Waals surface area contributed by atoms with Crippen molar-refractivity contribution in [2.24, 2.45) is 0 Å². The Morgan fingerprint density at radius 2 is 1.91 bits per heavy atom. The molecule has 2 heterocycles. The Hall–Kier alpha value is -3.97. The molecule has 35 heavy (non-hydrogen) atoms. The number of carbonyl (C=O) groups is 1. The number of nitrogens with two attached hydrogens (primary N) is 1. The van der Waals surface area contributed by atoms with Crippen molar-refractivity contribution in [1.82, 2.24) is 14.8 Å². The van der Waals surface area contributed by atoms with E-state index in [1.54, 1.807) is 41.2 Å². The van der Waals surface area contributed by atoms with Crippen LogP contribution in [0.1, 0.15) is 40.6 Å². The number of Topliss-reactive ketones (excluding diaryl/α,β-unsaturated/α-hetero) is 1. The van der Waals surface area contributed by atoms with Gasteiger partial charge in [-0.25, -0.2) is 0 Å². The van der Waals surface area contributed by atoms with E-state index in [0.29, 0.717) is 33.5 Å². The molecule has 0 amide bonds. The Bertz CT molecular complexity index is 1460. The summed E-state index contributed by atoms with van der Waals surface area (Å²) in [5.41, 5.74) is 8.63. The number of carbonyl (C=O) groups excluding carboxylic acids is 1. The zero-order valence-corrected chi connectivity index (χ0v) is 19.8. The molecule has 0 atom stereocenters. The largest absolute Gasteiger partial charge is 0.454 e. The smallest absolute Gasteiger partial charge is 0.219 e. The highest BCUT2D eigenvalue weighted by Crippen LogP contribution is 2.35. The molecule has 0 unspecified atom stereocenters. The predicted octanol–water partition coefficient (Wildman–Crippen LogP) is 5.40. The molecule has 2 aromatic carbocycles. The van der Waals surface area contributed by atoms with Gasteiger partial charge in [0.1, 0.15) is 16.5 Å². The number of nitrogen functional groups attached to an aromatic ring is 1. The molecule has 1 aliphatic rings. The van der Waals surface area contributed by atoms with E-state index in [0.717, 1.165) is 24.0 Å². The van der Waals surface area contributed by atoms with Gasteiger partial charge in [-0.05, 0) is 49.6 Å². The summed E-state index contributed by atoms with van der Waals surface area (Å²) in [6, 6.07) is 16.4. The van der Waals surface area contributed by atoms with Crippen molar-refractivity contribution in [3.63, 3.8) is 0 Å². The summed E-state index contributed by atoms with van der Waals surface area (Å²) >= 11 is 6.18. The van der Waals surface area contributed by atoms with Crippen LogP contribution in [-0.2, 0) is 6.42 Å². The normalized spacial score (nSPS) is 13.0. The minimum absolute atomic E-state index is 0.0520. The van der Waals surface area contributed by atoms with Crippen LogP contribution in [0.15, 0.2) is 71.8 Å². The Morgan fingerprint density at radius 3 is 2.60 bits per heavy atom. The van der Waals surface area contributed by atoms with Crippen LogP contribution in [0.5, 0.6) is 11.5 Å². The molecule has 2 aromatic heterocycles. The van der Waals surface area contributed by atoms with Gasteiger partial charge >= 0.3 is 0 Å². The van der Waals surface area contributed by atoms with Gasteiger partial charge in [-0.1, -0.05) is 47.5 Å². The van der Waals surface area contributed by atoms with Gasteiger partial charge in [0.15, 0.2) is 11.5 Å². The van der Waals surface area contributed by atoms with Gasteiger partial charge < -0.3 is 10.5 Å². The quantitative estimate of drug-likeness (QED) is 0.277. The molecule has 1 saturated carbocycles. The summed E-state index contributed by atoms with van der Waals surface area (Å²) in [6.45, 7) is 1.99. The number of rotatable bonds is 7. The molecule has 176 valence electrons. The minimum atomic E-state index is -0.376. The number of pyridine rings is 1. The third kappa shape index (κ3) is 4.95. The topological polar surface area (TPSA) is 100 Å². The Balaban J connectivity index is 1.39. The lowest BCUT2D eigenvalue weighted by molar-refractivity contribution is 0.0983. The summed E-state index contributed by atoms with van der Waals surface area (Å²) in [7, 11) is 0. The van der Waals surface area contributed by atoms with Crippen LogP contribution in [0, 0.1) is 6.92 Å². The first kappa shape index (κ1) is 22.8. The number of ketones is 1. The van der Waals surface area contributed by atoms with Crippen molar-refractivity contribution in [3.8, 4) is 22.6 Å². The van der Waals surface area contributed by atoms with Crippen LogP contribution < -0.4 is 15.9 Å². The van der Waals surface area contributed by atoms with Crippen molar-refractivity contribution < 1.29 is 9.53 Å². The monoisotopic (exact) mass is 486 g/mol. The molecule has 0 bridgehead atoms. The zero-order chi connectivity index (χ0) is 24.5. The second-order valence-corrected chi connectivity index (χ2v) is 9.02. The third-order valence-electron chi connectivity index (χ3n) is 5.84. The molecule has 0 saturated heterocycles. The lowest BCUT2D eigenvalue weighted by atomic mass is 10.0. The number of hydrogen-bond donors (Lipinski definition) is 1. The first-order valence-corrected chi connectivity index (χ1v) is 11.7. The predicted molar refractivity (Wildman–Crippen MR) is 135 cm³/mol. The second-order valence-electron chi connectivity index (χ2n) is 8.64. The highest BCUT2D eigenvalue weighted by molar-refractivity contribution is 6.34. The van der Waals surface area contributed by atoms with E-state index in [9.17, 15) is 9.59 Å². The maximum absolute atomic E-state index is 13.2. The maximum atomic E-state index is 13.2. The average Bonchev–Trinajstić information content (AvgIpc) is 3.70. The second kappa shape index (κ2) is 9.35. The van der Waals surface area contributed by atoms with Crippen molar-refractivity contribution in [3.05, 3.63) is 99.2 Å². The number of aromatic nitrogens is 3. The molecule has 1 fully saturated rings. The molecule has 0 radical (unpaired) electrons. The van der Waals surface area contributed by atoms with Crippen LogP contribution in [0.2, 0.25) is 5.02 Å². The fourth-order valence-electron chi connectivity index (χ4n) is 3.71. The van der Waals surface area contributed by atoms with Gasteiger partial charge in [0, 0.05) is 17.5 Å². The molecule has 0 aliphatic heterocycles. The Labute approximate surface area is 207 Å². The molecule has 8 heteroatoms. The molecular formula is C27H23ClN4O3. The van der Waals surface area contributed by atoms with E-state index in [-0.39, 0.29) is 29.4 Å². The van der Waals surface area contributed by atoms with Gasteiger partial charge in [-0.15, -0.1) is 0 Å². The first-order chi connectivity index (χ1) is 16.9. The standard InChI is InChI=1S/C27H23ClN4O3/c1-16-5-7-17(8-6-16)21-15-32(19-10-11-19)31-26(27(21)34)23(33)13-18-9-12-20(14-30-18)35-24-4-2-3-22(29)25(24)28/h2-9,12,14-15,19H,10-11,13,29H2,1H3.